The van der Waals surface area contributed by atoms with Crippen LogP contribution in [0.2, 0.25) is 0 Å². The van der Waals surface area contributed by atoms with Crippen molar-refractivity contribution >= 4 is 49.3 Å². The molecule has 5 rings (SSSR count). The van der Waals surface area contributed by atoms with Crippen molar-refractivity contribution in [2.75, 3.05) is 18.0 Å². The lowest BCUT2D eigenvalue weighted by atomic mass is 10.0. The first kappa shape index (κ1) is 21.3. The SMILES string of the molecule is CCCN(CCC)c1cccc2c(=O)c3cc4[nH]c5ccccc5c(=O)c4cc3n(CC)c12. The molecule has 0 amide bonds. The van der Waals surface area contributed by atoms with Crippen LogP contribution < -0.4 is 15.8 Å². The smallest absolute Gasteiger partial charge is 0.197 e. The lowest BCUT2D eigenvalue weighted by Gasteiger charge is -2.27. The van der Waals surface area contributed by atoms with Crippen molar-refractivity contribution in [1.82, 2.24) is 9.55 Å². The van der Waals surface area contributed by atoms with Crippen LogP contribution in [0.1, 0.15) is 33.6 Å². The van der Waals surface area contributed by atoms with Crippen LogP contribution in [0.25, 0.3) is 43.6 Å². The van der Waals surface area contributed by atoms with Gasteiger partial charge in [0.05, 0.1) is 22.2 Å². The van der Waals surface area contributed by atoms with Crippen molar-refractivity contribution in [3.8, 4) is 0 Å². The van der Waals surface area contributed by atoms with Gasteiger partial charge in [-0.15, -0.1) is 0 Å². The molecule has 5 heteroatoms. The summed E-state index contributed by atoms with van der Waals surface area (Å²) in [6.45, 7) is 9.03. The largest absolute Gasteiger partial charge is 0.370 e. The third-order valence-corrected chi connectivity index (χ3v) is 6.53. The Morgan fingerprint density at radius 3 is 2.18 bits per heavy atom. The van der Waals surface area contributed by atoms with E-state index in [0.29, 0.717) is 28.2 Å². The lowest BCUT2D eigenvalue weighted by Crippen LogP contribution is -2.26. The molecular formula is C28H29N3O2. The van der Waals surface area contributed by atoms with Crippen molar-refractivity contribution in [2.24, 2.45) is 0 Å². The molecule has 2 aromatic heterocycles. The van der Waals surface area contributed by atoms with E-state index in [4.69, 9.17) is 0 Å². The first-order valence-corrected chi connectivity index (χ1v) is 11.9. The summed E-state index contributed by atoms with van der Waals surface area (Å²) in [7, 11) is 0. The van der Waals surface area contributed by atoms with Gasteiger partial charge in [-0.25, -0.2) is 0 Å². The monoisotopic (exact) mass is 439 g/mol. The molecule has 0 aliphatic rings. The van der Waals surface area contributed by atoms with E-state index in [1.54, 1.807) is 0 Å². The third-order valence-electron chi connectivity index (χ3n) is 6.53. The Hall–Kier alpha value is -3.60. The molecule has 0 unspecified atom stereocenters. The molecule has 2 heterocycles. The van der Waals surface area contributed by atoms with Crippen LogP contribution in [0.4, 0.5) is 5.69 Å². The number of aryl methyl sites for hydroxylation is 1. The fraction of sp³-hybridized carbons (Fsp3) is 0.286. The highest BCUT2D eigenvalue weighted by Gasteiger charge is 2.18. The third kappa shape index (κ3) is 3.30. The molecule has 0 saturated heterocycles. The summed E-state index contributed by atoms with van der Waals surface area (Å²) in [5.74, 6) is 0. The van der Waals surface area contributed by atoms with Crippen LogP contribution in [0.15, 0.2) is 64.2 Å². The van der Waals surface area contributed by atoms with Gasteiger partial charge in [0.1, 0.15) is 0 Å². The number of anilines is 1. The summed E-state index contributed by atoms with van der Waals surface area (Å²) >= 11 is 0. The molecular weight excluding hydrogens is 410 g/mol. The van der Waals surface area contributed by atoms with Crippen LogP contribution in [0.3, 0.4) is 0 Å². The number of rotatable bonds is 6. The maximum absolute atomic E-state index is 13.7. The molecule has 0 bridgehead atoms. The van der Waals surface area contributed by atoms with Crippen molar-refractivity contribution < 1.29 is 0 Å². The molecule has 0 aliphatic heterocycles. The van der Waals surface area contributed by atoms with Crippen LogP contribution in [0, 0.1) is 0 Å². The fourth-order valence-electron chi connectivity index (χ4n) is 5.10. The maximum atomic E-state index is 13.7. The Kier molecular flexibility index (Phi) is 5.41. The van der Waals surface area contributed by atoms with Gasteiger partial charge in [0, 0.05) is 46.7 Å². The zero-order chi connectivity index (χ0) is 23.1. The number of nitrogens with zero attached hydrogens (tertiary/aromatic N) is 2. The molecule has 0 saturated carbocycles. The summed E-state index contributed by atoms with van der Waals surface area (Å²) in [5, 5.41) is 2.63. The second-order valence-electron chi connectivity index (χ2n) is 8.65. The Balaban J connectivity index is 1.94. The van der Waals surface area contributed by atoms with Crippen LogP contribution in [-0.2, 0) is 6.54 Å². The highest BCUT2D eigenvalue weighted by Crippen LogP contribution is 2.30. The fourth-order valence-corrected chi connectivity index (χ4v) is 5.10. The average Bonchev–Trinajstić information content (AvgIpc) is 2.84. The molecule has 0 spiro atoms. The van der Waals surface area contributed by atoms with Gasteiger partial charge in [-0.05, 0) is 56.2 Å². The minimum absolute atomic E-state index is 0.00963. The summed E-state index contributed by atoms with van der Waals surface area (Å²) in [4.78, 5) is 32.8. The van der Waals surface area contributed by atoms with E-state index in [9.17, 15) is 9.59 Å². The van der Waals surface area contributed by atoms with Gasteiger partial charge in [-0.1, -0.05) is 32.0 Å². The molecule has 3 aromatic carbocycles. The lowest BCUT2D eigenvalue weighted by molar-refractivity contribution is 0.741. The number of hydrogen-bond donors (Lipinski definition) is 1. The molecule has 33 heavy (non-hydrogen) atoms. The predicted octanol–water partition coefficient (Wildman–Crippen LogP) is 5.80. The van der Waals surface area contributed by atoms with Gasteiger partial charge >= 0.3 is 0 Å². The van der Waals surface area contributed by atoms with Crippen molar-refractivity contribution in [1.29, 1.82) is 0 Å². The van der Waals surface area contributed by atoms with Crippen LogP contribution in [0.5, 0.6) is 0 Å². The average molecular weight is 440 g/mol. The van der Waals surface area contributed by atoms with E-state index in [-0.39, 0.29) is 10.9 Å². The first-order valence-electron chi connectivity index (χ1n) is 11.9. The molecule has 0 aliphatic carbocycles. The Morgan fingerprint density at radius 1 is 0.758 bits per heavy atom. The number of benzene rings is 3. The minimum Gasteiger partial charge on any atom is -0.370 e. The van der Waals surface area contributed by atoms with Crippen molar-refractivity contribution in [2.45, 2.75) is 40.2 Å². The molecule has 1 N–H and O–H groups in total. The van der Waals surface area contributed by atoms with Crippen LogP contribution >= 0.6 is 0 Å². The predicted molar refractivity (Wildman–Crippen MR) is 140 cm³/mol. The summed E-state index contributed by atoms with van der Waals surface area (Å²) < 4.78 is 2.20. The van der Waals surface area contributed by atoms with Crippen molar-refractivity contribution in [3.63, 3.8) is 0 Å². The number of H-pyrrole nitrogens is 1. The molecule has 0 atom stereocenters. The molecule has 0 radical (unpaired) electrons. The number of nitrogens with one attached hydrogen (secondary N) is 1. The summed E-state index contributed by atoms with van der Waals surface area (Å²) in [6.07, 6.45) is 2.07. The summed E-state index contributed by atoms with van der Waals surface area (Å²) in [5.41, 5.74) is 4.33. The number of fused-ring (bicyclic) bond motifs is 4. The van der Waals surface area contributed by atoms with E-state index in [2.05, 4.69) is 41.3 Å². The summed E-state index contributed by atoms with van der Waals surface area (Å²) in [6, 6.07) is 17.3. The molecule has 5 aromatic rings. The molecule has 5 nitrogen and oxygen atoms in total. The number of pyridine rings is 2. The number of aromatic nitrogens is 2. The van der Waals surface area contributed by atoms with Crippen molar-refractivity contribution in [3.05, 3.63) is 75.0 Å². The first-order chi connectivity index (χ1) is 16.1. The second kappa shape index (κ2) is 8.39. The number of para-hydroxylation sites is 2. The Labute approximate surface area is 192 Å². The van der Waals surface area contributed by atoms with Gasteiger partial charge in [-0.3, -0.25) is 9.59 Å². The quantitative estimate of drug-likeness (QED) is 0.340. The highest BCUT2D eigenvalue weighted by molar-refractivity contribution is 6.05. The number of hydrogen-bond acceptors (Lipinski definition) is 3. The van der Waals surface area contributed by atoms with Gasteiger partial charge in [0.2, 0.25) is 0 Å². The maximum Gasteiger partial charge on any atom is 0.197 e. The van der Waals surface area contributed by atoms with Crippen LogP contribution in [-0.4, -0.2) is 22.6 Å². The number of aromatic amines is 1. The topological polar surface area (TPSA) is 58.1 Å². The van der Waals surface area contributed by atoms with E-state index in [1.807, 2.05) is 48.5 Å². The van der Waals surface area contributed by atoms with E-state index < -0.39 is 0 Å². The highest BCUT2D eigenvalue weighted by atomic mass is 16.1. The van der Waals surface area contributed by atoms with E-state index in [1.165, 1.54) is 0 Å². The Morgan fingerprint density at radius 2 is 1.45 bits per heavy atom. The second-order valence-corrected chi connectivity index (χ2v) is 8.65. The van der Waals surface area contributed by atoms with Gasteiger partial charge in [-0.2, -0.15) is 0 Å². The van der Waals surface area contributed by atoms with Gasteiger partial charge < -0.3 is 14.5 Å². The Bertz CT molecular complexity index is 1620. The van der Waals surface area contributed by atoms with Gasteiger partial charge in [0.25, 0.3) is 0 Å². The molecule has 0 fully saturated rings. The zero-order valence-electron chi connectivity index (χ0n) is 19.4. The van der Waals surface area contributed by atoms with E-state index >= 15 is 0 Å². The standard InChI is InChI=1S/C28H29N3O2/c1-4-14-30(15-5-2)24-13-9-11-19-26(24)31(6-3)25-17-20-23(16-21(25)28(19)33)29-22-12-8-7-10-18(22)27(20)32/h7-13,16-17H,4-6,14-15H2,1-3H3,(H,29,32). The normalized spacial score (nSPS) is 11.7. The van der Waals surface area contributed by atoms with E-state index in [0.717, 1.165) is 53.6 Å². The zero-order valence-corrected chi connectivity index (χ0v) is 19.4. The molecule has 168 valence electrons. The van der Waals surface area contributed by atoms with Gasteiger partial charge in [0.15, 0.2) is 10.9 Å². The minimum atomic E-state index is -0.0108.